The molecule has 0 radical (unpaired) electrons. The van der Waals surface area contributed by atoms with Gasteiger partial charge in [0.1, 0.15) is 4.88 Å². The zero-order valence-corrected chi connectivity index (χ0v) is 15.6. The lowest BCUT2D eigenvalue weighted by Crippen LogP contribution is -2.30. The molecule has 2 atom stereocenters. The predicted molar refractivity (Wildman–Crippen MR) is 95.3 cm³/mol. The number of hydrogen-bond acceptors (Lipinski definition) is 4. The molecule has 0 saturated carbocycles. The number of hydrogen-bond donors (Lipinski definition) is 1. The summed E-state index contributed by atoms with van der Waals surface area (Å²) in [5, 5.41) is 2.10. The fourth-order valence-corrected chi connectivity index (χ4v) is 4.03. The van der Waals surface area contributed by atoms with Crippen LogP contribution < -0.4 is 5.32 Å². The molecule has 4 nitrogen and oxygen atoms in total. The van der Waals surface area contributed by atoms with Crippen molar-refractivity contribution in [3.05, 3.63) is 51.0 Å². The van der Waals surface area contributed by atoms with Crippen molar-refractivity contribution in [3.8, 4) is 0 Å². The van der Waals surface area contributed by atoms with E-state index < -0.39 is 41.1 Å². The zero-order chi connectivity index (χ0) is 19.7. The number of amides is 1. The van der Waals surface area contributed by atoms with E-state index >= 15 is 0 Å². The van der Waals surface area contributed by atoms with Crippen molar-refractivity contribution in [3.63, 3.8) is 0 Å². The van der Waals surface area contributed by atoms with Crippen molar-refractivity contribution in [1.29, 1.82) is 0 Å². The van der Waals surface area contributed by atoms with E-state index in [0.29, 0.717) is 16.9 Å². The number of rotatable bonds is 4. The van der Waals surface area contributed by atoms with E-state index in [1.165, 1.54) is 18.3 Å². The van der Waals surface area contributed by atoms with Gasteiger partial charge in [-0.2, -0.15) is 0 Å². The largest absolute Gasteiger partial charge is 0.448 e. The van der Waals surface area contributed by atoms with Gasteiger partial charge in [0.05, 0.1) is 5.69 Å². The van der Waals surface area contributed by atoms with Gasteiger partial charge in [-0.15, -0.1) is 11.3 Å². The first kappa shape index (κ1) is 19.4. The van der Waals surface area contributed by atoms with Crippen molar-refractivity contribution >= 4 is 28.9 Å². The predicted octanol–water partition coefficient (Wildman–Crippen LogP) is 4.47. The average Bonchev–Trinajstić information content (AvgIpc) is 3.05. The molecule has 1 aromatic heterocycles. The van der Waals surface area contributed by atoms with Crippen LogP contribution in [0.1, 0.15) is 40.4 Å². The number of nitrogens with one attached hydrogen (secondary N) is 1. The third-order valence-corrected chi connectivity index (χ3v) is 5.69. The van der Waals surface area contributed by atoms with Crippen LogP contribution in [0.2, 0.25) is 0 Å². The molecule has 1 heterocycles. The smallest absolute Gasteiger partial charge is 0.349 e. The first-order valence-corrected chi connectivity index (χ1v) is 9.34. The number of aryl methyl sites for hydroxylation is 1. The number of halogens is 3. The van der Waals surface area contributed by atoms with Gasteiger partial charge >= 0.3 is 5.97 Å². The Morgan fingerprint density at radius 3 is 2.74 bits per heavy atom. The Balaban J connectivity index is 1.65. The van der Waals surface area contributed by atoms with E-state index in [-0.39, 0.29) is 0 Å². The van der Waals surface area contributed by atoms with Crippen molar-refractivity contribution in [1.82, 2.24) is 0 Å². The van der Waals surface area contributed by atoms with E-state index in [0.717, 1.165) is 35.8 Å². The summed E-state index contributed by atoms with van der Waals surface area (Å²) in [5.74, 6) is -5.48. The minimum atomic E-state index is -1.68. The molecule has 1 aliphatic rings. The molecule has 27 heavy (non-hydrogen) atoms. The number of fused-ring (bicyclic) bond motifs is 1. The number of anilines is 1. The maximum Gasteiger partial charge on any atom is 0.349 e. The first-order valence-electron chi connectivity index (χ1n) is 8.53. The lowest BCUT2D eigenvalue weighted by molar-refractivity contribution is -0.123. The van der Waals surface area contributed by atoms with Crippen LogP contribution in [0.4, 0.5) is 18.9 Å². The zero-order valence-electron chi connectivity index (χ0n) is 14.8. The van der Waals surface area contributed by atoms with Crippen LogP contribution in [-0.2, 0) is 22.4 Å². The highest BCUT2D eigenvalue weighted by Gasteiger charge is 2.25. The summed E-state index contributed by atoms with van der Waals surface area (Å²) in [4.78, 5) is 26.0. The maximum absolute atomic E-state index is 13.6. The summed E-state index contributed by atoms with van der Waals surface area (Å²) < 4.78 is 44.9. The van der Waals surface area contributed by atoms with E-state index in [2.05, 4.69) is 12.2 Å². The second-order valence-corrected chi connectivity index (χ2v) is 7.80. The summed E-state index contributed by atoms with van der Waals surface area (Å²) in [5.41, 5.74) is 0.606. The van der Waals surface area contributed by atoms with Gasteiger partial charge in [0.2, 0.25) is 0 Å². The molecule has 144 valence electrons. The molecule has 1 aromatic carbocycles. The van der Waals surface area contributed by atoms with Crippen LogP contribution in [0.5, 0.6) is 0 Å². The van der Waals surface area contributed by atoms with Gasteiger partial charge < -0.3 is 10.1 Å². The lowest BCUT2D eigenvalue weighted by Gasteiger charge is -2.16. The van der Waals surface area contributed by atoms with Gasteiger partial charge in [0, 0.05) is 4.88 Å². The van der Waals surface area contributed by atoms with Crippen molar-refractivity contribution in [2.75, 3.05) is 5.32 Å². The fraction of sp³-hybridized carbons (Fsp3) is 0.368. The van der Waals surface area contributed by atoms with Crippen LogP contribution in [0.25, 0.3) is 0 Å². The molecule has 0 aliphatic heterocycles. The van der Waals surface area contributed by atoms with Gasteiger partial charge in [-0.1, -0.05) is 6.92 Å². The Morgan fingerprint density at radius 1 is 1.26 bits per heavy atom. The Hall–Kier alpha value is -2.35. The van der Waals surface area contributed by atoms with Gasteiger partial charge in [0.25, 0.3) is 5.91 Å². The lowest BCUT2D eigenvalue weighted by atomic mass is 9.90. The van der Waals surface area contributed by atoms with Crippen LogP contribution in [-0.4, -0.2) is 18.0 Å². The summed E-state index contributed by atoms with van der Waals surface area (Å²) in [6.07, 6.45) is 1.66. The third-order valence-electron chi connectivity index (χ3n) is 4.48. The quantitative estimate of drug-likeness (QED) is 0.612. The van der Waals surface area contributed by atoms with E-state index in [1.807, 2.05) is 0 Å². The molecule has 0 saturated heterocycles. The number of ether oxygens (including phenoxy) is 1. The SMILES string of the molecule is C[C@H]1CCc2sc(C(=O)O[C@@H](C)C(=O)Nc3ccc(F)c(F)c3F)cc2C1. The average molecular weight is 397 g/mol. The minimum absolute atomic E-state index is 0.410. The van der Waals surface area contributed by atoms with E-state index in [4.69, 9.17) is 4.74 Å². The molecule has 2 aromatic rings. The first-order chi connectivity index (χ1) is 12.8. The van der Waals surface area contributed by atoms with Crippen molar-refractivity contribution < 1.29 is 27.5 Å². The van der Waals surface area contributed by atoms with Gasteiger partial charge in [-0.25, -0.2) is 18.0 Å². The normalized spacial score (nSPS) is 17.1. The fourth-order valence-electron chi connectivity index (χ4n) is 2.94. The summed E-state index contributed by atoms with van der Waals surface area (Å²) in [6.45, 7) is 3.48. The standard InChI is InChI=1S/C19H18F3NO3S/c1-9-3-6-14-11(7-9)8-15(27-14)19(25)26-10(2)18(24)23-13-5-4-12(20)16(21)17(13)22/h4-5,8-10H,3,6-7H2,1-2H3,(H,23,24)/t9-,10-/m0/s1. The Labute approximate surface area is 158 Å². The summed E-state index contributed by atoms with van der Waals surface area (Å²) in [6, 6.07) is 3.38. The van der Waals surface area contributed by atoms with Crippen molar-refractivity contribution in [2.45, 2.75) is 39.2 Å². The second-order valence-electron chi connectivity index (χ2n) is 6.67. The van der Waals surface area contributed by atoms with Crippen LogP contribution >= 0.6 is 11.3 Å². The second kappa shape index (κ2) is 7.72. The molecular weight excluding hydrogens is 379 g/mol. The number of carbonyl (C=O) groups excluding carboxylic acids is 2. The van der Waals surface area contributed by atoms with Crippen molar-refractivity contribution in [2.24, 2.45) is 5.92 Å². The van der Waals surface area contributed by atoms with Crippen LogP contribution in [0.15, 0.2) is 18.2 Å². The van der Waals surface area contributed by atoms with Gasteiger partial charge in [-0.3, -0.25) is 4.79 Å². The molecule has 1 amide bonds. The monoisotopic (exact) mass is 397 g/mol. The van der Waals surface area contributed by atoms with Gasteiger partial charge in [0.15, 0.2) is 23.6 Å². The maximum atomic E-state index is 13.6. The Kier molecular flexibility index (Phi) is 5.55. The molecule has 0 fully saturated rings. The highest BCUT2D eigenvalue weighted by molar-refractivity contribution is 7.14. The highest BCUT2D eigenvalue weighted by Crippen LogP contribution is 2.32. The molecule has 0 spiro atoms. The molecule has 1 N–H and O–H groups in total. The number of carbonyl (C=O) groups is 2. The Bertz CT molecular complexity index is 897. The summed E-state index contributed by atoms with van der Waals surface area (Å²) in [7, 11) is 0. The van der Waals surface area contributed by atoms with Crippen LogP contribution in [0.3, 0.4) is 0 Å². The molecule has 0 bridgehead atoms. The number of thiophene rings is 1. The van der Waals surface area contributed by atoms with E-state index in [1.54, 1.807) is 6.07 Å². The highest BCUT2D eigenvalue weighted by atomic mass is 32.1. The molecule has 3 rings (SSSR count). The van der Waals surface area contributed by atoms with Gasteiger partial charge in [-0.05, 0) is 55.9 Å². The molecule has 8 heteroatoms. The number of benzene rings is 1. The topological polar surface area (TPSA) is 55.4 Å². The Morgan fingerprint density at radius 2 is 2.00 bits per heavy atom. The number of esters is 1. The third kappa shape index (κ3) is 4.16. The molecule has 0 unspecified atom stereocenters. The van der Waals surface area contributed by atoms with Crippen LogP contribution in [0, 0.1) is 23.4 Å². The molecule has 1 aliphatic carbocycles. The molecular formula is C19H18F3NO3S. The van der Waals surface area contributed by atoms with E-state index in [9.17, 15) is 22.8 Å². The minimum Gasteiger partial charge on any atom is -0.448 e. The summed E-state index contributed by atoms with van der Waals surface area (Å²) >= 11 is 1.35.